The minimum atomic E-state index is -0.896. The van der Waals surface area contributed by atoms with Crippen LogP contribution in [0.2, 0.25) is 5.02 Å². The molecule has 1 aromatic carbocycles. The molecule has 0 atom stereocenters. The number of nitrogens with two attached hydrogens (primary N) is 1. The molecule has 1 heterocycles. The zero-order chi connectivity index (χ0) is 12.4. The zero-order valence-corrected chi connectivity index (χ0v) is 9.30. The highest BCUT2D eigenvalue weighted by atomic mass is 35.5. The molecule has 0 amide bonds. The van der Waals surface area contributed by atoms with Crippen molar-refractivity contribution >= 4 is 28.9 Å². The Bertz CT molecular complexity index is 560. The molecule has 0 unspecified atom stereocenters. The molecule has 3 nitrogen and oxygen atoms in total. The lowest BCUT2D eigenvalue weighted by Crippen LogP contribution is -2.03. The number of pyridine rings is 1. The molecule has 0 bridgehead atoms. The predicted octanol–water partition coefficient (Wildman–Crippen LogP) is 3.34. The lowest BCUT2D eigenvalue weighted by Gasteiger charge is -2.09. The van der Waals surface area contributed by atoms with Gasteiger partial charge in [-0.25, -0.2) is 13.8 Å². The Morgan fingerprint density at radius 3 is 2.59 bits per heavy atom. The number of rotatable bonds is 2. The highest BCUT2D eigenvalue weighted by Gasteiger charge is 2.10. The van der Waals surface area contributed by atoms with Gasteiger partial charge < -0.3 is 11.1 Å². The molecule has 6 heteroatoms. The molecule has 0 saturated carbocycles. The Hall–Kier alpha value is -1.88. The van der Waals surface area contributed by atoms with E-state index in [0.29, 0.717) is 16.8 Å². The molecule has 0 aliphatic carbocycles. The van der Waals surface area contributed by atoms with Gasteiger partial charge in [0.2, 0.25) is 0 Å². The van der Waals surface area contributed by atoms with Crippen LogP contribution in [0.4, 0.5) is 26.1 Å². The fourth-order valence-corrected chi connectivity index (χ4v) is 1.44. The Morgan fingerprint density at radius 2 is 1.88 bits per heavy atom. The maximum Gasteiger partial charge on any atom is 0.169 e. The van der Waals surface area contributed by atoms with Crippen molar-refractivity contribution < 1.29 is 8.78 Å². The first-order chi connectivity index (χ1) is 8.08. The van der Waals surface area contributed by atoms with Gasteiger partial charge in [0.15, 0.2) is 23.3 Å². The molecule has 1 aromatic heterocycles. The molecule has 0 fully saturated rings. The van der Waals surface area contributed by atoms with E-state index in [9.17, 15) is 8.78 Å². The van der Waals surface area contributed by atoms with Crippen LogP contribution < -0.4 is 11.1 Å². The second kappa shape index (κ2) is 4.55. The number of benzene rings is 1. The summed E-state index contributed by atoms with van der Waals surface area (Å²) in [6.45, 7) is 0. The Kier molecular flexibility index (Phi) is 3.10. The molecular formula is C11H8ClF2N3. The van der Waals surface area contributed by atoms with Gasteiger partial charge in [0.1, 0.15) is 0 Å². The fourth-order valence-electron chi connectivity index (χ4n) is 1.26. The lowest BCUT2D eigenvalue weighted by atomic mass is 10.3. The molecule has 2 aromatic rings. The Balaban J connectivity index is 2.37. The summed E-state index contributed by atoms with van der Waals surface area (Å²) in [5.74, 6) is -2.28. The number of aromatic nitrogens is 1. The molecule has 17 heavy (non-hydrogen) atoms. The van der Waals surface area contributed by atoms with Crippen LogP contribution in [-0.2, 0) is 0 Å². The predicted molar refractivity (Wildman–Crippen MR) is 63.3 cm³/mol. The number of anilines is 3. The molecule has 0 saturated heterocycles. The van der Waals surface area contributed by atoms with Crippen LogP contribution in [0.3, 0.4) is 0 Å². The zero-order valence-electron chi connectivity index (χ0n) is 8.55. The molecule has 0 aliphatic rings. The van der Waals surface area contributed by atoms with Gasteiger partial charge in [-0.3, -0.25) is 0 Å². The first-order valence-electron chi connectivity index (χ1n) is 4.71. The topological polar surface area (TPSA) is 50.9 Å². The van der Waals surface area contributed by atoms with Gasteiger partial charge >= 0.3 is 0 Å². The second-order valence-corrected chi connectivity index (χ2v) is 3.70. The Labute approximate surface area is 101 Å². The summed E-state index contributed by atoms with van der Waals surface area (Å²) in [5.41, 5.74) is 5.72. The largest absolute Gasteiger partial charge is 0.381 e. The number of halogens is 3. The molecule has 2 rings (SSSR count). The lowest BCUT2D eigenvalue weighted by molar-refractivity contribution is 0.581. The monoisotopic (exact) mass is 255 g/mol. The first-order valence-corrected chi connectivity index (χ1v) is 5.09. The van der Waals surface area contributed by atoms with Crippen LogP contribution in [0.15, 0.2) is 30.3 Å². The fraction of sp³-hybridized carbons (Fsp3) is 0. The highest BCUT2D eigenvalue weighted by Crippen LogP contribution is 2.26. The van der Waals surface area contributed by atoms with E-state index in [2.05, 4.69) is 10.3 Å². The van der Waals surface area contributed by atoms with E-state index in [-0.39, 0.29) is 11.6 Å². The summed E-state index contributed by atoms with van der Waals surface area (Å²) >= 11 is 5.88. The third kappa shape index (κ3) is 2.45. The molecule has 0 aliphatic heterocycles. The SMILES string of the molecule is Nc1nc(Nc2ccccc2Cl)c(F)cc1F. The van der Waals surface area contributed by atoms with Crippen molar-refractivity contribution in [2.75, 3.05) is 11.1 Å². The normalized spacial score (nSPS) is 10.3. The van der Waals surface area contributed by atoms with Gasteiger partial charge in [-0.05, 0) is 12.1 Å². The van der Waals surface area contributed by atoms with Crippen molar-refractivity contribution in [3.63, 3.8) is 0 Å². The van der Waals surface area contributed by atoms with Crippen LogP contribution in [0.25, 0.3) is 0 Å². The van der Waals surface area contributed by atoms with Crippen LogP contribution >= 0.6 is 11.6 Å². The summed E-state index contributed by atoms with van der Waals surface area (Å²) in [6.07, 6.45) is 0. The number of nitrogens with one attached hydrogen (secondary N) is 1. The third-order valence-electron chi connectivity index (χ3n) is 2.08. The van der Waals surface area contributed by atoms with Crippen molar-refractivity contribution in [2.45, 2.75) is 0 Å². The summed E-state index contributed by atoms with van der Waals surface area (Å²) < 4.78 is 26.3. The standard InChI is InChI=1S/C11H8ClF2N3/c12-6-3-1-2-4-9(6)16-11-8(14)5-7(13)10(15)17-11/h1-5H,(H3,15,16,17). The van der Waals surface area contributed by atoms with Crippen LogP contribution in [-0.4, -0.2) is 4.98 Å². The van der Waals surface area contributed by atoms with Gasteiger partial charge in [-0.2, -0.15) is 0 Å². The summed E-state index contributed by atoms with van der Waals surface area (Å²) in [4.78, 5) is 3.57. The average Bonchev–Trinajstić information content (AvgIpc) is 2.29. The summed E-state index contributed by atoms with van der Waals surface area (Å²) in [7, 11) is 0. The van der Waals surface area contributed by atoms with Gasteiger partial charge in [-0.15, -0.1) is 0 Å². The van der Waals surface area contributed by atoms with Gasteiger partial charge in [0.25, 0.3) is 0 Å². The summed E-state index contributed by atoms with van der Waals surface area (Å²) in [5, 5.41) is 3.04. The van der Waals surface area contributed by atoms with Gasteiger partial charge in [0.05, 0.1) is 10.7 Å². The van der Waals surface area contributed by atoms with Crippen LogP contribution in [0, 0.1) is 11.6 Å². The highest BCUT2D eigenvalue weighted by molar-refractivity contribution is 6.33. The molecule has 0 spiro atoms. The average molecular weight is 256 g/mol. The molecule has 3 N–H and O–H groups in total. The minimum Gasteiger partial charge on any atom is -0.381 e. The smallest absolute Gasteiger partial charge is 0.169 e. The van der Waals surface area contributed by atoms with E-state index < -0.39 is 11.6 Å². The number of nitrogens with zero attached hydrogens (tertiary/aromatic N) is 1. The van der Waals surface area contributed by atoms with Crippen molar-refractivity contribution in [2.24, 2.45) is 0 Å². The van der Waals surface area contributed by atoms with E-state index in [0.717, 1.165) is 0 Å². The van der Waals surface area contributed by atoms with E-state index in [1.807, 2.05) is 0 Å². The first kappa shape index (κ1) is 11.6. The van der Waals surface area contributed by atoms with E-state index in [4.69, 9.17) is 17.3 Å². The van der Waals surface area contributed by atoms with Gasteiger partial charge in [-0.1, -0.05) is 23.7 Å². The van der Waals surface area contributed by atoms with Crippen molar-refractivity contribution in [1.82, 2.24) is 4.98 Å². The van der Waals surface area contributed by atoms with E-state index >= 15 is 0 Å². The maximum absolute atomic E-state index is 13.4. The van der Waals surface area contributed by atoms with E-state index in [1.54, 1.807) is 24.3 Å². The number of nitrogen functional groups attached to an aromatic ring is 1. The quantitative estimate of drug-likeness (QED) is 0.865. The van der Waals surface area contributed by atoms with Crippen molar-refractivity contribution in [1.29, 1.82) is 0 Å². The van der Waals surface area contributed by atoms with E-state index in [1.165, 1.54) is 0 Å². The van der Waals surface area contributed by atoms with Crippen molar-refractivity contribution in [3.8, 4) is 0 Å². The number of hydrogen-bond acceptors (Lipinski definition) is 3. The number of para-hydroxylation sites is 1. The maximum atomic E-state index is 13.4. The number of hydrogen-bond donors (Lipinski definition) is 2. The second-order valence-electron chi connectivity index (χ2n) is 3.29. The molecule has 88 valence electrons. The molecule has 0 radical (unpaired) electrons. The van der Waals surface area contributed by atoms with Gasteiger partial charge in [0, 0.05) is 6.07 Å². The van der Waals surface area contributed by atoms with Crippen LogP contribution in [0.5, 0.6) is 0 Å². The minimum absolute atomic E-state index is 0.169. The Morgan fingerprint density at radius 1 is 1.18 bits per heavy atom. The van der Waals surface area contributed by atoms with Crippen LogP contribution in [0.1, 0.15) is 0 Å². The summed E-state index contributed by atoms with van der Waals surface area (Å²) in [6, 6.07) is 7.40. The van der Waals surface area contributed by atoms with Crippen molar-refractivity contribution in [3.05, 3.63) is 47.0 Å². The third-order valence-corrected chi connectivity index (χ3v) is 2.41. The molecular weight excluding hydrogens is 248 g/mol.